The number of carbonyl (C=O) groups is 2. The molecule has 0 saturated carbocycles. The number of hydrogen-bond donors (Lipinski definition) is 2. The van der Waals surface area contributed by atoms with Crippen molar-refractivity contribution in [3.63, 3.8) is 0 Å². The first-order valence-electron chi connectivity index (χ1n) is 20.5. The van der Waals surface area contributed by atoms with Crippen LogP contribution in [-0.4, -0.2) is 66.2 Å². The van der Waals surface area contributed by atoms with E-state index in [-0.39, 0.29) is 20.9 Å². The topological polar surface area (TPSA) is 162 Å². The van der Waals surface area contributed by atoms with Crippen molar-refractivity contribution >= 4 is 71.4 Å². The smallest absolute Gasteiger partial charge is 0.335 e. The Labute approximate surface area is 374 Å². The zero-order valence-electron chi connectivity index (χ0n) is 35.9. The predicted molar refractivity (Wildman–Crippen MR) is 250 cm³/mol. The van der Waals surface area contributed by atoms with Crippen LogP contribution in [0.5, 0.6) is 11.5 Å². The highest BCUT2D eigenvalue weighted by Gasteiger charge is 2.32. The van der Waals surface area contributed by atoms with Crippen LogP contribution in [-0.2, 0) is 32.9 Å². The normalized spacial score (nSPS) is 13.4. The number of carboxylic acid groups (broad SMARTS) is 2. The van der Waals surface area contributed by atoms with Crippen molar-refractivity contribution in [2.75, 3.05) is 40.7 Å². The van der Waals surface area contributed by atoms with E-state index >= 15 is 0 Å². The van der Waals surface area contributed by atoms with Crippen molar-refractivity contribution < 1.29 is 41.4 Å². The number of hydrogen-bond acceptors (Lipinski definition) is 8. The van der Waals surface area contributed by atoms with E-state index in [9.17, 15) is 36.6 Å². The van der Waals surface area contributed by atoms with Gasteiger partial charge in [0.05, 0.1) is 32.3 Å². The molecule has 0 aromatic heterocycles. The summed E-state index contributed by atoms with van der Waals surface area (Å²) in [5.74, 6) is -0.915. The second kappa shape index (κ2) is 19.1. The average molecular weight is 913 g/mol. The van der Waals surface area contributed by atoms with Gasteiger partial charge in [-0.05, 0) is 147 Å². The number of nitrogens with zero attached hydrogens (tertiary/aromatic N) is 3. The van der Waals surface area contributed by atoms with E-state index in [1.807, 2.05) is 83.1 Å². The van der Waals surface area contributed by atoms with Gasteiger partial charge in [-0.25, -0.2) is 26.4 Å². The Morgan fingerprint density at radius 3 is 1.63 bits per heavy atom. The average Bonchev–Trinajstić information content (AvgIpc) is 3.27. The Morgan fingerprint density at radius 2 is 1.13 bits per heavy atom. The molecule has 0 saturated heterocycles. The number of fused-ring (bicyclic) bond motifs is 3. The third-order valence-corrected chi connectivity index (χ3v) is 15.1. The van der Waals surface area contributed by atoms with Gasteiger partial charge in [0, 0.05) is 48.7 Å². The Kier molecular flexibility index (Phi) is 14.1. The first-order valence-corrected chi connectivity index (χ1v) is 23.7. The van der Waals surface area contributed by atoms with Gasteiger partial charge in [-0.15, -0.1) is 0 Å². The zero-order valence-corrected chi connectivity index (χ0v) is 38.3. The van der Waals surface area contributed by atoms with E-state index in [1.54, 1.807) is 48.5 Å². The van der Waals surface area contributed by atoms with Gasteiger partial charge >= 0.3 is 11.9 Å². The largest absolute Gasteiger partial charge is 0.478 e. The van der Waals surface area contributed by atoms with Gasteiger partial charge in [0.15, 0.2) is 0 Å². The maximum absolute atomic E-state index is 13.7. The van der Waals surface area contributed by atoms with Crippen molar-refractivity contribution in [1.82, 2.24) is 0 Å². The van der Waals surface area contributed by atoms with Gasteiger partial charge in [0.25, 0.3) is 20.0 Å². The number of halogens is 1. The number of benzene rings is 6. The fourth-order valence-electron chi connectivity index (χ4n) is 7.80. The van der Waals surface area contributed by atoms with Crippen LogP contribution in [0.4, 0.5) is 17.1 Å². The molecule has 0 aliphatic carbocycles. The van der Waals surface area contributed by atoms with E-state index in [4.69, 9.17) is 16.3 Å². The molecule has 330 valence electrons. The molecule has 63 heavy (non-hydrogen) atoms. The minimum atomic E-state index is -3.81. The molecule has 0 fully saturated rings. The maximum Gasteiger partial charge on any atom is 0.335 e. The highest BCUT2D eigenvalue weighted by molar-refractivity contribution is 7.93. The molecule has 2 aliphatic rings. The highest BCUT2D eigenvalue weighted by atomic mass is 35.5. The Balaban J connectivity index is 0.000000203. The number of aryl methyl sites for hydroxylation is 4. The van der Waals surface area contributed by atoms with Crippen LogP contribution in [0.2, 0.25) is 5.02 Å². The lowest BCUT2D eigenvalue weighted by molar-refractivity contribution is 0.0686. The number of carboxylic acids is 2. The number of ether oxygens (including phenoxy) is 1. The van der Waals surface area contributed by atoms with Crippen molar-refractivity contribution in [2.45, 2.75) is 63.2 Å². The molecule has 0 radical (unpaired) electrons. The van der Waals surface area contributed by atoms with Crippen LogP contribution >= 0.6 is 11.6 Å². The fraction of sp³-hybridized carbons (Fsp3) is 0.250. The third kappa shape index (κ3) is 9.63. The van der Waals surface area contributed by atoms with E-state index in [0.717, 1.165) is 27.8 Å². The van der Waals surface area contributed by atoms with Gasteiger partial charge in [-0.1, -0.05) is 49.7 Å². The SMILES string of the molecule is CC.CN(C)c1cccc2c(S(=O)(=O)N3CCCc4cc(C(=O)O)ccc43)cccc12.Cc1cc(Oc2ccc(S(=O)(=O)N3CCCc4cc(C(=O)O)ccc43)cc2)cc(C)c1Cl. The lowest BCUT2D eigenvalue weighted by atomic mass is 10.0. The molecule has 2 N–H and O–H groups in total. The minimum absolute atomic E-state index is 0.142. The van der Waals surface area contributed by atoms with Crippen LogP contribution in [0.3, 0.4) is 0 Å². The summed E-state index contributed by atoms with van der Waals surface area (Å²) in [6, 6.07) is 30.1. The van der Waals surface area contributed by atoms with Crippen molar-refractivity contribution in [1.29, 1.82) is 0 Å². The summed E-state index contributed by atoms with van der Waals surface area (Å²) < 4.78 is 62.6. The molecular formula is C48H50ClN3O9S2. The molecule has 0 amide bonds. The van der Waals surface area contributed by atoms with Crippen LogP contribution in [0, 0.1) is 13.8 Å². The van der Waals surface area contributed by atoms with Gasteiger partial charge in [0.2, 0.25) is 0 Å². The highest BCUT2D eigenvalue weighted by Crippen LogP contribution is 2.38. The Hall–Kier alpha value is -6.09. The van der Waals surface area contributed by atoms with Crippen LogP contribution < -0.4 is 18.2 Å². The van der Waals surface area contributed by atoms with Crippen molar-refractivity contribution in [3.8, 4) is 11.5 Å². The van der Waals surface area contributed by atoms with Crippen LogP contribution in [0.1, 0.15) is 69.7 Å². The predicted octanol–water partition coefficient (Wildman–Crippen LogP) is 10.4. The van der Waals surface area contributed by atoms with Gasteiger partial charge in [-0.3, -0.25) is 8.61 Å². The van der Waals surface area contributed by atoms with E-state index in [2.05, 4.69) is 0 Å². The molecule has 0 unspecified atom stereocenters. The molecule has 6 aromatic rings. The number of aromatic carboxylic acids is 2. The van der Waals surface area contributed by atoms with Gasteiger partial charge < -0.3 is 19.8 Å². The lowest BCUT2D eigenvalue weighted by Gasteiger charge is -2.31. The fourth-order valence-corrected chi connectivity index (χ4v) is 11.2. The molecule has 12 nitrogen and oxygen atoms in total. The van der Waals surface area contributed by atoms with Crippen LogP contribution in [0.15, 0.2) is 119 Å². The Bertz CT molecular complexity index is 2900. The third-order valence-electron chi connectivity index (χ3n) is 10.8. The van der Waals surface area contributed by atoms with Gasteiger partial charge in [-0.2, -0.15) is 0 Å². The van der Waals surface area contributed by atoms with Crippen molar-refractivity contribution in [2.24, 2.45) is 0 Å². The van der Waals surface area contributed by atoms with E-state index < -0.39 is 32.0 Å². The molecular weight excluding hydrogens is 862 g/mol. The zero-order chi connectivity index (χ0) is 45.8. The molecule has 2 heterocycles. The first-order chi connectivity index (χ1) is 30.0. The maximum atomic E-state index is 13.7. The molecule has 15 heteroatoms. The standard InChI is InChI=1S/C24H22ClNO5S.C22H22N2O4S.C2H6/c1-15-12-20(13-16(2)23(15)25)31-19-6-8-21(9-7-19)32(29,30)26-11-3-4-17-14-18(24(27)28)5-10-22(17)26;1-23(2)20-9-3-8-18-17(20)7-4-10-21(18)29(27,28)24-13-5-6-15-14-16(22(25)26)11-12-19(15)24;1-2/h5-10,12-14H,3-4,11H2,1-2H3,(H,27,28);3-4,7-12,14H,5-6,13H2,1-2H3,(H,25,26);1-2H3. The summed E-state index contributed by atoms with van der Waals surface area (Å²) in [6.45, 7) is 8.50. The molecule has 0 atom stereocenters. The minimum Gasteiger partial charge on any atom is -0.478 e. The quantitative estimate of drug-likeness (QED) is 0.143. The summed E-state index contributed by atoms with van der Waals surface area (Å²) in [4.78, 5) is 24.9. The van der Waals surface area contributed by atoms with Gasteiger partial charge in [0.1, 0.15) is 11.5 Å². The summed E-state index contributed by atoms with van der Waals surface area (Å²) in [5.41, 5.74) is 5.61. The number of anilines is 3. The summed E-state index contributed by atoms with van der Waals surface area (Å²) in [6.07, 6.45) is 2.55. The number of rotatable bonds is 9. The molecule has 0 spiro atoms. The summed E-state index contributed by atoms with van der Waals surface area (Å²) in [5, 5.41) is 20.7. The molecule has 6 aromatic carbocycles. The second-order valence-corrected chi connectivity index (χ2v) is 19.2. The number of sulfonamides is 2. The summed E-state index contributed by atoms with van der Waals surface area (Å²) in [7, 11) is -3.76. The van der Waals surface area contributed by atoms with Crippen LogP contribution in [0.25, 0.3) is 10.8 Å². The molecule has 2 aliphatic heterocycles. The Morgan fingerprint density at radius 1 is 0.635 bits per heavy atom. The van der Waals surface area contributed by atoms with Crippen molar-refractivity contribution in [3.05, 3.63) is 148 Å². The monoisotopic (exact) mass is 911 g/mol. The lowest BCUT2D eigenvalue weighted by Crippen LogP contribution is -2.35. The second-order valence-electron chi connectivity index (χ2n) is 15.1. The van der Waals surface area contributed by atoms with E-state index in [0.29, 0.717) is 77.6 Å². The summed E-state index contributed by atoms with van der Waals surface area (Å²) >= 11 is 6.20. The first kappa shape index (κ1) is 46.4. The molecule has 8 rings (SSSR count). The molecule has 0 bridgehead atoms. The van der Waals surface area contributed by atoms with E-state index in [1.165, 1.54) is 32.9 Å².